The van der Waals surface area contributed by atoms with Crippen LogP contribution < -0.4 is 5.32 Å². The Bertz CT molecular complexity index is 325. The first-order valence-electron chi connectivity index (χ1n) is 5.98. The van der Waals surface area contributed by atoms with Crippen LogP contribution in [0.25, 0.3) is 10.4 Å². The maximum absolute atomic E-state index is 9.72. The van der Waals surface area contributed by atoms with Crippen LogP contribution in [0.1, 0.15) is 27.2 Å². The number of rotatable bonds is 3. The topological polar surface area (TPSA) is 128 Å². The molecule has 0 saturated carbocycles. The Labute approximate surface area is 112 Å². The summed E-state index contributed by atoms with van der Waals surface area (Å²) in [6.45, 7) is 6.84. The molecule has 0 aliphatic carbocycles. The van der Waals surface area contributed by atoms with Gasteiger partial charge >= 0.3 is 0 Å². The van der Waals surface area contributed by atoms with E-state index in [1.165, 1.54) is 0 Å². The zero-order valence-electron chi connectivity index (χ0n) is 11.5. The zero-order valence-corrected chi connectivity index (χ0v) is 11.5. The predicted octanol–water partition coefficient (Wildman–Crippen LogP) is 0.340. The second kappa shape index (κ2) is 7.96. The van der Waals surface area contributed by atoms with Crippen LogP contribution in [0.15, 0.2) is 5.11 Å². The molecule has 8 heteroatoms. The number of aliphatic hydroxyl groups is 2. The van der Waals surface area contributed by atoms with Crippen LogP contribution in [0.3, 0.4) is 0 Å². The monoisotopic (exact) mass is 274 g/mol. The molecule has 0 aromatic heterocycles. The number of azide groups is 1. The highest BCUT2D eigenvalue weighted by molar-refractivity contribution is 5.37. The molecule has 3 N–H and O–H groups in total. The summed E-state index contributed by atoms with van der Waals surface area (Å²) in [4.78, 5) is 12.1. The van der Waals surface area contributed by atoms with Gasteiger partial charge in [-0.1, -0.05) is 5.11 Å². The van der Waals surface area contributed by atoms with Crippen LogP contribution in [0.2, 0.25) is 0 Å². The zero-order chi connectivity index (χ0) is 14.9. The number of aliphatic hydroxyl groups excluding tert-OH is 1. The van der Waals surface area contributed by atoms with Crippen LogP contribution in [0, 0.1) is 0 Å². The van der Waals surface area contributed by atoms with Gasteiger partial charge in [0.2, 0.25) is 0 Å². The molecule has 1 saturated heterocycles. The summed E-state index contributed by atoms with van der Waals surface area (Å²) in [5.74, 6) is 0. The third-order valence-electron chi connectivity index (χ3n) is 2.50. The van der Waals surface area contributed by atoms with Crippen molar-refractivity contribution in [2.75, 3.05) is 19.6 Å². The number of hydrogen-bond donors (Lipinski definition) is 3. The number of hydrogen-bond acceptors (Lipinski definition) is 6. The van der Waals surface area contributed by atoms with E-state index < -0.39 is 11.7 Å². The molecule has 1 rings (SSSR count). The second-order valence-electron chi connectivity index (χ2n) is 5.29. The number of ether oxygens (including phenoxy) is 1. The van der Waals surface area contributed by atoms with Crippen molar-refractivity contribution in [3.05, 3.63) is 10.4 Å². The summed E-state index contributed by atoms with van der Waals surface area (Å²) in [7, 11) is 0. The molecule has 8 nitrogen and oxygen atoms in total. The molecule has 0 aromatic carbocycles. The molecule has 1 aliphatic heterocycles. The Morgan fingerprint density at radius 2 is 2.26 bits per heavy atom. The van der Waals surface area contributed by atoms with E-state index in [9.17, 15) is 15.0 Å². The Morgan fingerprint density at radius 3 is 2.63 bits per heavy atom. The van der Waals surface area contributed by atoms with E-state index in [1.54, 1.807) is 0 Å². The minimum absolute atomic E-state index is 0.0631. The van der Waals surface area contributed by atoms with Crippen LogP contribution in [-0.2, 0) is 9.53 Å². The van der Waals surface area contributed by atoms with E-state index in [4.69, 9.17) is 5.53 Å². The van der Waals surface area contributed by atoms with Gasteiger partial charge in [-0.05, 0) is 39.3 Å². The quantitative estimate of drug-likeness (QED) is 0.296. The number of β-amino-alcohol motifs (C(OH)–C–C–N with tert-alkyl or cyclic N) is 1. The highest BCUT2D eigenvalue weighted by Crippen LogP contribution is 2.18. The molecule has 0 radical (unpaired) electrons. The van der Waals surface area contributed by atoms with E-state index >= 15 is 0 Å². The van der Waals surface area contributed by atoms with Crippen molar-refractivity contribution in [3.63, 3.8) is 0 Å². The predicted molar refractivity (Wildman–Crippen MR) is 69.4 cm³/mol. The molecule has 2 unspecified atom stereocenters. The fourth-order valence-corrected chi connectivity index (χ4v) is 1.38. The first-order chi connectivity index (χ1) is 8.75. The van der Waals surface area contributed by atoms with Crippen LogP contribution >= 0.6 is 0 Å². The average Bonchev–Trinajstić information content (AvgIpc) is 2.30. The van der Waals surface area contributed by atoms with Crippen molar-refractivity contribution in [2.45, 2.75) is 44.5 Å². The number of carbonyl (C=O) groups is 1. The second-order valence-corrected chi connectivity index (χ2v) is 5.29. The number of nitrogens with zero attached hydrogens (tertiary/aromatic N) is 3. The van der Waals surface area contributed by atoms with Gasteiger partial charge in [0.1, 0.15) is 5.60 Å². The van der Waals surface area contributed by atoms with Gasteiger partial charge in [0.25, 0.3) is 6.47 Å². The van der Waals surface area contributed by atoms with Crippen molar-refractivity contribution in [2.24, 2.45) is 5.11 Å². The lowest BCUT2D eigenvalue weighted by molar-refractivity contribution is -0.138. The largest absolute Gasteiger partial charge is 0.462 e. The van der Waals surface area contributed by atoms with Crippen LogP contribution in [0.5, 0.6) is 0 Å². The van der Waals surface area contributed by atoms with Crippen molar-refractivity contribution in [3.8, 4) is 0 Å². The third-order valence-corrected chi connectivity index (χ3v) is 2.50. The van der Waals surface area contributed by atoms with Crippen molar-refractivity contribution in [1.82, 2.24) is 5.32 Å². The summed E-state index contributed by atoms with van der Waals surface area (Å²) < 4.78 is 4.55. The van der Waals surface area contributed by atoms with Gasteiger partial charge in [-0.25, -0.2) is 0 Å². The van der Waals surface area contributed by atoms with E-state index in [0.717, 1.165) is 0 Å². The lowest BCUT2D eigenvalue weighted by Gasteiger charge is -2.35. The van der Waals surface area contributed by atoms with Gasteiger partial charge in [0.05, 0.1) is 18.2 Å². The van der Waals surface area contributed by atoms with Gasteiger partial charge in [-0.3, -0.25) is 4.79 Å². The smallest absolute Gasteiger partial charge is 0.293 e. The number of carbonyl (C=O) groups excluding carboxylic acids is 1. The van der Waals surface area contributed by atoms with E-state index in [2.05, 4.69) is 20.1 Å². The molecule has 110 valence electrons. The highest BCUT2D eigenvalue weighted by atomic mass is 16.5. The lowest BCUT2D eigenvalue weighted by atomic mass is 9.90. The summed E-state index contributed by atoms with van der Waals surface area (Å²) in [6.07, 6.45) is -0.440. The summed E-state index contributed by atoms with van der Waals surface area (Å²) in [5, 5.41) is 25.3. The average molecular weight is 274 g/mol. The Balaban J connectivity index is 0.000000399. The molecule has 0 spiro atoms. The van der Waals surface area contributed by atoms with E-state index in [1.807, 2.05) is 20.8 Å². The Hall–Kier alpha value is -1.34. The first kappa shape index (κ1) is 17.7. The minimum atomic E-state index is -1.24. The SMILES string of the molecule is CC(C)(C)OC=O.[N-]=[N+]=NCC1(O)CCNCC1O. The molecule has 1 fully saturated rings. The van der Waals surface area contributed by atoms with Crippen molar-refractivity contribution >= 4 is 6.47 Å². The minimum Gasteiger partial charge on any atom is -0.462 e. The Kier molecular flexibility index (Phi) is 7.40. The molecule has 0 bridgehead atoms. The van der Waals surface area contributed by atoms with E-state index in [0.29, 0.717) is 26.0 Å². The molecule has 0 aromatic rings. The maximum Gasteiger partial charge on any atom is 0.293 e. The van der Waals surface area contributed by atoms with Gasteiger partial charge in [0, 0.05) is 11.5 Å². The summed E-state index contributed by atoms with van der Waals surface area (Å²) >= 11 is 0. The van der Waals surface area contributed by atoms with Gasteiger partial charge < -0.3 is 20.3 Å². The van der Waals surface area contributed by atoms with Gasteiger partial charge in [0.15, 0.2) is 0 Å². The maximum atomic E-state index is 9.72. The highest BCUT2D eigenvalue weighted by Gasteiger charge is 2.36. The van der Waals surface area contributed by atoms with Crippen LogP contribution in [-0.4, -0.2) is 53.6 Å². The summed E-state index contributed by atoms with van der Waals surface area (Å²) in [5.41, 5.74) is 6.49. The molecule has 1 aliphatic rings. The molecular formula is C11H22N4O4. The fraction of sp³-hybridized carbons (Fsp3) is 0.909. The van der Waals surface area contributed by atoms with Gasteiger partial charge in [-0.15, -0.1) is 0 Å². The summed E-state index contributed by atoms with van der Waals surface area (Å²) in [6, 6.07) is 0. The van der Waals surface area contributed by atoms with Crippen molar-refractivity contribution in [1.29, 1.82) is 0 Å². The lowest BCUT2D eigenvalue weighted by Crippen LogP contribution is -2.55. The molecule has 2 atom stereocenters. The fourth-order valence-electron chi connectivity index (χ4n) is 1.38. The normalized spacial score (nSPS) is 26.5. The molecule has 19 heavy (non-hydrogen) atoms. The number of piperidine rings is 1. The molecular weight excluding hydrogens is 252 g/mol. The van der Waals surface area contributed by atoms with Gasteiger partial charge in [-0.2, -0.15) is 0 Å². The Morgan fingerprint density at radius 1 is 1.63 bits per heavy atom. The third kappa shape index (κ3) is 7.63. The molecule has 0 amide bonds. The first-order valence-corrected chi connectivity index (χ1v) is 5.98. The van der Waals surface area contributed by atoms with Crippen molar-refractivity contribution < 1.29 is 19.7 Å². The number of nitrogens with one attached hydrogen (secondary N) is 1. The van der Waals surface area contributed by atoms with E-state index in [-0.39, 0.29) is 12.1 Å². The standard InChI is InChI=1S/C6H12N4O2.C5H10O2/c7-10-9-4-6(12)1-2-8-3-5(6)11;1-5(2,3)7-4-6/h5,8,11-12H,1-4H2;4H,1-3H3. The van der Waals surface area contributed by atoms with Crippen LogP contribution in [0.4, 0.5) is 0 Å². The molecule has 1 heterocycles.